The third kappa shape index (κ3) is 5.58. The summed E-state index contributed by atoms with van der Waals surface area (Å²) in [6.45, 7) is 5.32. The van der Waals surface area contributed by atoms with Crippen LogP contribution in [-0.4, -0.2) is 58.1 Å². The van der Waals surface area contributed by atoms with Gasteiger partial charge in [-0.1, -0.05) is 42.5 Å². The van der Waals surface area contributed by atoms with Crippen molar-refractivity contribution in [3.8, 4) is 16.9 Å². The van der Waals surface area contributed by atoms with Crippen molar-refractivity contribution in [3.63, 3.8) is 0 Å². The van der Waals surface area contributed by atoms with E-state index < -0.39 is 5.97 Å². The molecule has 0 radical (unpaired) electrons. The predicted octanol–water partition coefficient (Wildman–Crippen LogP) is 4.92. The van der Waals surface area contributed by atoms with Gasteiger partial charge in [-0.05, 0) is 54.8 Å². The second-order valence-corrected chi connectivity index (χ2v) is 9.08. The number of aryl methyl sites for hydroxylation is 1. The summed E-state index contributed by atoms with van der Waals surface area (Å²) in [5.41, 5.74) is 5.84. The zero-order valence-electron chi connectivity index (χ0n) is 21.1. The van der Waals surface area contributed by atoms with Crippen molar-refractivity contribution in [2.24, 2.45) is 0 Å². The number of nitrogens with zero attached hydrogens (tertiary/aromatic N) is 3. The van der Waals surface area contributed by atoms with Crippen LogP contribution in [-0.2, 0) is 22.6 Å². The average Bonchev–Trinajstić information content (AvgIpc) is 3.14. The molecule has 0 saturated carbocycles. The largest absolute Gasteiger partial charge is 0.491 e. The molecule has 4 aromatic rings. The Bertz CT molecular complexity index is 1420. The van der Waals surface area contributed by atoms with E-state index in [9.17, 15) is 9.59 Å². The molecule has 1 N–H and O–H groups in total. The van der Waals surface area contributed by atoms with Crippen LogP contribution in [0.3, 0.4) is 0 Å². The molecule has 8 heteroatoms. The summed E-state index contributed by atoms with van der Waals surface area (Å²) >= 11 is 0. The van der Waals surface area contributed by atoms with E-state index in [0.29, 0.717) is 26.2 Å². The molecule has 3 aromatic carbocycles. The molecule has 0 saturated heterocycles. The van der Waals surface area contributed by atoms with Gasteiger partial charge in [0, 0.05) is 12.1 Å². The lowest BCUT2D eigenvalue weighted by Gasteiger charge is -2.29. The number of aromatic nitrogens is 2. The van der Waals surface area contributed by atoms with Gasteiger partial charge < -0.3 is 24.3 Å². The van der Waals surface area contributed by atoms with Gasteiger partial charge in [-0.2, -0.15) is 0 Å². The normalized spacial score (nSPS) is 13.0. The van der Waals surface area contributed by atoms with Crippen LogP contribution in [0.15, 0.2) is 66.7 Å². The van der Waals surface area contributed by atoms with Gasteiger partial charge in [0.05, 0.1) is 30.7 Å². The SMILES string of the molecule is CCOC(=O)CN(Cc1ccccc1)C(=O)N1CCOc2ccc(-c3ccc4nc(C)[nH]c4c3)cc2C1. The van der Waals surface area contributed by atoms with Gasteiger partial charge in [0.25, 0.3) is 0 Å². The molecule has 0 aliphatic carbocycles. The number of rotatable bonds is 6. The predicted molar refractivity (Wildman–Crippen MR) is 141 cm³/mol. The number of esters is 1. The summed E-state index contributed by atoms with van der Waals surface area (Å²) in [7, 11) is 0. The highest BCUT2D eigenvalue weighted by atomic mass is 16.5. The fourth-order valence-corrected chi connectivity index (χ4v) is 4.61. The number of imidazole rings is 1. The van der Waals surface area contributed by atoms with Crippen LogP contribution in [0.4, 0.5) is 4.79 Å². The number of carbonyl (C=O) groups is 2. The zero-order valence-corrected chi connectivity index (χ0v) is 21.1. The number of nitrogens with one attached hydrogen (secondary N) is 1. The van der Waals surface area contributed by atoms with Crippen LogP contribution in [0.2, 0.25) is 0 Å². The van der Waals surface area contributed by atoms with Crippen molar-refractivity contribution in [2.75, 3.05) is 26.3 Å². The number of hydrogen-bond acceptors (Lipinski definition) is 5. The summed E-state index contributed by atoms with van der Waals surface area (Å²) in [5, 5.41) is 0. The van der Waals surface area contributed by atoms with E-state index in [-0.39, 0.29) is 19.2 Å². The number of carbonyl (C=O) groups excluding carboxylic acids is 2. The maximum atomic E-state index is 13.7. The van der Waals surface area contributed by atoms with Gasteiger partial charge in [0.15, 0.2) is 0 Å². The fraction of sp³-hybridized carbons (Fsp3) is 0.276. The quantitative estimate of drug-likeness (QED) is 0.382. The van der Waals surface area contributed by atoms with Crippen molar-refractivity contribution < 1.29 is 19.1 Å². The fourth-order valence-electron chi connectivity index (χ4n) is 4.61. The Kier molecular flexibility index (Phi) is 7.07. The third-order valence-corrected chi connectivity index (χ3v) is 6.36. The van der Waals surface area contributed by atoms with E-state index in [4.69, 9.17) is 9.47 Å². The molecule has 190 valence electrons. The van der Waals surface area contributed by atoms with E-state index in [1.54, 1.807) is 11.8 Å². The molecular formula is C29H30N4O4. The van der Waals surface area contributed by atoms with Gasteiger partial charge in [-0.15, -0.1) is 0 Å². The maximum absolute atomic E-state index is 13.7. The highest BCUT2D eigenvalue weighted by molar-refractivity contribution is 5.83. The summed E-state index contributed by atoms with van der Waals surface area (Å²) in [6.07, 6.45) is 0. The van der Waals surface area contributed by atoms with Crippen molar-refractivity contribution in [1.29, 1.82) is 0 Å². The van der Waals surface area contributed by atoms with Crippen LogP contribution < -0.4 is 4.74 Å². The number of benzene rings is 3. The van der Waals surface area contributed by atoms with E-state index in [1.165, 1.54) is 4.90 Å². The molecule has 5 rings (SSSR count). The molecular weight excluding hydrogens is 468 g/mol. The molecule has 0 unspecified atom stereocenters. The molecule has 8 nitrogen and oxygen atoms in total. The lowest BCUT2D eigenvalue weighted by atomic mass is 10.0. The highest BCUT2D eigenvalue weighted by Gasteiger charge is 2.27. The Labute approximate surface area is 215 Å². The van der Waals surface area contributed by atoms with Crippen molar-refractivity contribution in [3.05, 3.63) is 83.7 Å². The first-order chi connectivity index (χ1) is 18.0. The smallest absolute Gasteiger partial charge is 0.325 e. The lowest BCUT2D eigenvalue weighted by molar-refractivity contribution is -0.144. The monoisotopic (exact) mass is 498 g/mol. The van der Waals surface area contributed by atoms with Crippen LogP contribution in [0.1, 0.15) is 23.9 Å². The van der Waals surface area contributed by atoms with Crippen LogP contribution >= 0.6 is 0 Å². The zero-order chi connectivity index (χ0) is 25.8. The molecule has 0 atom stereocenters. The summed E-state index contributed by atoms with van der Waals surface area (Å²) in [5.74, 6) is 1.21. The van der Waals surface area contributed by atoms with Gasteiger partial charge >= 0.3 is 12.0 Å². The van der Waals surface area contributed by atoms with Gasteiger partial charge in [-0.25, -0.2) is 9.78 Å². The number of fused-ring (bicyclic) bond motifs is 2. The highest BCUT2D eigenvalue weighted by Crippen LogP contribution is 2.31. The summed E-state index contributed by atoms with van der Waals surface area (Å²) in [6, 6.07) is 21.6. The topological polar surface area (TPSA) is 87.8 Å². The Morgan fingerprint density at radius 2 is 1.86 bits per heavy atom. The molecule has 2 heterocycles. The van der Waals surface area contributed by atoms with Crippen molar-refractivity contribution in [2.45, 2.75) is 26.9 Å². The molecule has 2 amide bonds. The Morgan fingerprint density at radius 1 is 1.08 bits per heavy atom. The van der Waals surface area contributed by atoms with Gasteiger partial charge in [-0.3, -0.25) is 4.79 Å². The number of hydrogen-bond donors (Lipinski definition) is 1. The van der Waals surface area contributed by atoms with Crippen LogP contribution in [0, 0.1) is 6.92 Å². The maximum Gasteiger partial charge on any atom is 0.325 e. The number of amides is 2. The average molecular weight is 499 g/mol. The van der Waals surface area contributed by atoms with Gasteiger partial charge in [0.2, 0.25) is 0 Å². The first kappa shape index (κ1) is 24.4. The molecule has 37 heavy (non-hydrogen) atoms. The lowest BCUT2D eigenvalue weighted by Crippen LogP contribution is -2.45. The van der Waals surface area contributed by atoms with Crippen LogP contribution in [0.5, 0.6) is 5.75 Å². The molecule has 1 aliphatic heterocycles. The van der Waals surface area contributed by atoms with Crippen LogP contribution in [0.25, 0.3) is 22.2 Å². The number of aromatic amines is 1. The van der Waals surface area contributed by atoms with E-state index in [0.717, 1.165) is 44.9 Å². The molecule has 0 spiro atoms. The number of ether oxygens (including phenoxy) is 2. The molecule has 1 aromatic heterocycles. The number of urea groups is 1. The summed E-state index contributed by atoms with van der Waals surface area (Å²) in [4.78, 5) is 37.1. The second-order valence-electron chi connectivity index (χ2n) is 9.08. The van der Waals surface area contributed by atoms with E-state index in [1.807, 2.05) is 61.5 Å². The third-order valence-electron chi connectivity index (χ3n) is 6.36. The first-order valence-corrected chi connectivity index (χ1v) is 12.5. The second kappa shape index (κ2) is 10.7. The Hall–Kier alpha value is -4.33. The first-order valence-electron chi connectivity index (χ1n) is 12.5. The minimum atomic E-state index is -0.426. The number of H-pyrrole nitrogens is 1. The summed E-state index contributed by atoms with van der Waals surface area (Å²) < 4.78 is 11.1. The van der Waals surface area contributed by atoms with Gasteiger partial charge in [0.1, 0.15) is 24.7 Å². The molecule has 1 aliphatic rings. The van der Waals surface area contributed by atoms with E-state index in [2.05, 4.69) is 22.1 Å². The van der Waals surface area contributed by atoms with Crippen molar-refractivity contribution in [1.82, 2.24) is 19.8 Å². The molecule has 0 fully saturated rings. The Balaban J connectivity index is 1.40. The van der Waals surface area contributed by atoms with E-state index >= 15 is 0 Å². The minimum absolute atomic E-state index is 0.116. The molecule has 0 bridgehead atoms. The minimum Gasteiger partial charge on any atom is -0.491 e. The Morgan fingerprint density at radius 3 is 2.68 bits per heavy atom. The standard InChI is InChI=1S/C29H30N4O4/c1-3-36-28(34)19-33(17-21-7-5-4-6-8-21)29(35)32-13-14-37-27-12-10-22(15-24(27)18-32)23-9-11-25-26(16-23)31-20(2)30-25/h4-12,15-16H,3,13-14,17-19H2,1-2H3,(H,30,31). The van der Waals surface area contributed by atoms with Crippen molar-refractivity contribution >= 4 is 23.0 Å².